The summed E-state index contributed by atoms with van der Waals surface area (Å²) in [6.07, 6.45) is -0.0194. The molecule has 0 aliphatic carbocycles. The Hall–Kier alpha value is -1.94. The molecule has 0 aliphatic rings. The maximum atomic E-state index is 13.0. The minimum absolute atomic E-state index is 0.0194. The molecule has 0 spiro atoms. The van der Waals surface area contributed by atoms with Crippen molar-refractivity contribution in [3.63, 3.8) is 0 Å². The van der Waals surface area contributed by atoms with E-state index in [0.29, 0.717) is 17.1 Å². The first-order valence-electron chi connectivity index (χ1n) is 5.97. The topological polar surface area (TPSA) is 29.1 Å². The average molecular weight is 296 g/mol. The predicted octanol–water partition coefficient (Wildman–Crippen LogP) is 3.88. The molecular formula is C15H12ClF2NO. The molecule has 0 atom stereocenters. The van der Waals surface area contributed by atoms with Crippen LogP contribution in [0.25, 0.3) is 0 Å². The van der Waals surface area contributed by atoms with Crippen molar-refractivity contribution in [1.82, 2.24) is 0 Å². The van der Waals surface area contributed by atoms with Gasteiger partial charge in [0.05, 0.1) is 6.42 Å². The molecular weight excluding hydrogens is 284 g/mol. The molecule has 1 N–H and O–H groups in total. The Balaban J connectivity index is 1.99. The second kappa shape index (κ2) is 6.48. The molecule has 1 amide bonds. The molecule has 0 saturated carbocycles. The van der Waals surface area contributed by atoms with Gasteiger partial charge in [0.2, 0.25) is 5.91 Å². The van der Waals surface area contributed by atoms with Gasteiger partial charge in [-0.2, -0.15) is 0 Å². The lowest BCUT2D eigenvalue weighted by molar-refractivity contribution is -0.115. The Labute approximate surface area is 120 Å². The summed E-state index contributed by atoms with van der Waals surface area (Å²) in [6, 6.07) is 10.5. The number of rotatable bonds is 4. The quantitative estimate of drug-likeness (QED) is 0.852. The number of amides is 1. The van der Waals surface area contributed by atoms with Crippen LogP contribution in [0.15, 0.2) is 42.5 Å². The first-order chi connectivity index (χ1) is 9.58. The fourth-order valence-corrected chi connectivity index (χ4v) is 1.90. The molecule has 2 rings (SSSR count). The van der Waals surface area contributed by atoms with Crippen LogP contribution in [0.1, 0.15) is 11.1 Å². The van der Waals surface area contributed by atoms with E-state index < -0.39 is 11.6 Å². The molecule has 2 aromatic carbocycles. The van der Waals surface area contributed by atoms with E-state index in [0.717, 1.165) is 17.7 Å². The van der Waals surface area contributed by atoms with Gasteiger partial charge < -0.3 is 5.32 Å². The maximum absolute atomic E-state index is 13.0. The molecule has 0 radical (unpaired) electrons. The summed E-state index contributed by atoms with van der Waals surface area (Å²) in [6.45, 7) is 0. The van der Waals surface area contributed by atoms with Gasteiger partial charge in [-0.05, 0) is 35.4 Å². The SMILES string of the molecule is O=C(Cc1ccc(F)c(F)c1)Nc1ccc(CCl)cc1. The Morgan fingerprint density at radius 1 is 1.00 bits per heavy atom. The van der Waals surface area contributed by atoms with E-state index in [-0.39, 0.29) is 12.3 Å². The van der Waals surface area contributed by atoms with Crippen molar-refractivity contribution >= 4 is 23.2 Å². The van der Waals surface area contributed by atoms with Crippen LogP contribution in [0, 0.1) is 11.6 Å². The standard InChI is InChI=1S/C15H12ClF2NO/c16-9-10-1-4-12(5-2-10)19-15(20)8-11-3-6-13(17)14(18)7-11/h1-7H,8-9H2,(H,19,20). The van der Waals surface area contributed by atoms with E-state index in [9.17, 15) is 13.6 Å². The normalized spacial score (nSPS) is 10.3. The second-order valence-electron chi connectivity index (χ2n) is 4.30. The fraction of sp³-hybridized carbons (Fsp3) is 0.133. The van der Waals surface area contributed by atoms with Gasteiger partial charge in [0.25, 0.3) is 0 Å². The number of hydrogen-bond acceptors (Lipinski definition) is 1. The smallest absolute Gasteiger partial charge is 0.228 e. The molecule has 20 heavy (non-hydrogen) atoms. The summed E-state index contributed by atoms with van der Waals surface area (Å²) in [5.41, 5.74) is 2.00. The molecule has 0 aliphatic heterocycles. The van der Waals surface area contributed by atoms with Gasteiger partial charge in [0.1, 0.15) is 0 Å². The van der Waals surface area contributed by atoms with Crippen molar-refractivity contribution in [2.75, 3.05) is 5.32 Å². The van der Waals surface area contributed by atoms with Gasteiger partial charge in [-0.25, -0.2) is 8.78 Å². The summed E-state index contributed by atoms with van der Waals surface area (Å²) >= 11 is 5.67. The number of alkyl halides is 1. The van der Waals surface area contributed by atoms with E-state index in [2.05, 4.69) is 5.32 Å². The molecule has 2 aromatic rings. The average Bonchev–Trinajstić information content (AvgIpc) is 2.44. The number of nitrogens with one attached hydrogen (secondary N) is 1. The molecule has 0 bridgehead atoms. The number of carbonyl (C=O) groups is 1. The highest BCUT2D eigenvalue weighted by Gasteiger charge is 2.07. The lowest BCUT2D eigenvalue weighted by Gasteiger charge is -2.06. The minimum atomic E-state index is -0.957. The van der Waals surface area contributed by atoms with Crippen molar-refractivity contribution in [2.45, 2.75) is 12.3 Å². The van der Waals surface area contributed by atoms with E-state index in [4.69, 9.17) is 11.6 Å². The Morgan fingerprint density at radius 2 is 1.65 bits per heavy atom. The van der Waals surface area contributed by atoms with Crippen molar-refractivity contribution in [3.05, 3.63) is 65.2 Å². The zero-order valence-corrected chi connectivity index (χ0v) is 11.3. The number of carbonyl (C=O) groups excluding carboxylic acids is 1. The Morgan fingerprint density at radius 3 is 2.25 bits per heavy atom. The molecule has 0 heterocycles. The molecule has 2 nitrogen and oxygen atoms in total. The summed E-state index contributed by atoms with van der Waals surface area (Å²) in [5.74, 6) is -1.77. The largest absolute Gasteiger partial charge is 0.326 e. The van der Waals surface area contributed by atoms with Crippen LogP contribution in [-0.4, -0.2) is 5.91 Å². The molecule has 104 valence electrons. The van der Waals surface area contributed by atoms with Gasteiger partial charge in [-0.15, -0.1) is 11.6 Å². The number of benzene rings is 2. The summed E-state index contributed by atoms with van der Waals surface area (Å²) < 4.78 is 25.8. The van der Waals surface area contributed by atoms with Crippen LogP contribution < -0.4 is 5.32 Å². The predicted molar refractivity (Wildman–Crippen MR) is 74.7 cm³/mol. The monoisotopic (exact) mass is 295 g/mol. The molecule has 0 fully saturated rings. The summed E-state index contributed by atoms with van der Waals surface area (Å²) in [4.78, 5) is 11.8. The van der Waals surface area contributed by atoms with Crippen LogP contribution in [0.5, 0.6) is 0 Å². The van der Waals surface area contributed by atoms with Crippen LogP contribution in [0.4, 0.5) is 14.5 Å². The Kier molecular flexibility index (Phi) is 4.69. The van der Waals surface area contributed by atoms with Gasteiger partial charge >= 0.3 is 0 Å². The van der Waals surface area contributed by atoms with Crippen molar-refractivity contribution in [1.29, 1.82) is 0 Å². The third-order valence-corrected chi connectivity index (χ3v) is 3.05. The zero-order chi connectivity index (χ0) is 14.5. The third kappa shape index (κ3) is 3.78. The lowest BCUT2D eigenvalue weighted by Crippen LogP contribution is -2.14. The molecule has 0 aromatic heterocycles. The highest BCUT2D eigenvalue weighted by atomic mass is 35.5. The van der Waals surface area contributed by atoms with Gasteiger partial charge in [0, 0.05) is 11.6 Å². The number of halogens is 3. The fourth-order valence-electron chi connectivity index (χ4n) is 1.72. The lowest BCUT2D eigenvalue weighted by atomic mass is 10.1. The second-order valence-corrected chi connectivity index (χ2v) is 4.57. The van der Waals surface area contributed by atoms with Crippen molar-refractivity contribution in [3.8, 4) is 0 Å². The van der Waals surface area contributed by atoms with Gasteiger partial charge in [-0.1, -0.05) is 18.2 Å². The maximum Gasteiger partial charge on any atom is 0.228 e. The van der Waals surface area contributed by atoms with Crippen LogP contribution in [0.3, 0.4) is 0 Å². The number of anilines is 1. The summed E-state index contributed by atoms with van der Waals surface area (Å²) in [5, 5.41) is 2.68. The van der Waals surface area contributed by atoms with Crippen LogP contribution in [0.2, 0.25) is 0 Å². The minimum Gasteiger partial charge on any atom is -0.326 e. The molecule has 5 heteroatoms. The van der Waals surface area contributed by atoms with E-state index in [1.165, 1.54) is 6.07 Å². The highest BCUT2D eigenvalue weighted by molar-refractivity contribution is 6.17. The zero-order valence-electron chi connectivity index (χ0n) is 10.5. The number of hydrogen-bond donors (Lipinski definition) is 1. The Bertz CT molecular complexity index is 614. The van der Waals surface area contributed by atoms with Crippen molar-refractivity contribution < 1.29 is 13.6 Å². The first kappa shape index (κ1) is 14.5. The van der Waals surface area contributed by atoms with Crippen LogP contribution in [-0.2, 0) is 17.1 Å². The molecule has 0 saturated heterocycles. The first-order valence-corrected chi connectivity index (χ1v) is 6.50. The van der Waals surface area contributed by atoms with Crippen LogP contribution >= 0.6 is 11.6 Å². The highest BCUT2D eigenvalue weighted by Crippen LogP contribution is 2.13. The molecule has 0 unspecified atom stereocenters. The van der Waals surface area contributed by atoms with Gasteiger partial charge in [-0.3, -0.25) is 4.79 Å². The van der Waals surface area contributed by atoms with Gasteiger partial charge in [0.15, 0.2) is 11.6 Å². The van der Waals surface area contributed by atoms with Crippen molar-refractivity contribution in [2.24, 2.45) is 0 Å². The van der Waals surface area contributed by atoms with E-state index in [1.54, 1.807) is 24.3 Å². The van der Waals surface area contributed by atoms with E-state index >= 15 is 0 Å². The third-order valence-electron chi connectivity index (χ3n) is 2.74. The van der Waals surface area contributed by atoms with E-state index in [1.807, 2.05) is 0 Å². The summed E-state index contributed by atoms with van der Waals surface area (Å²) in [7, 11) is 0.